The SMILES string of the molecule is COCC(C)OCc1cc2c(cc1N)OCCO2. The highest BCUT2D eigenvalue weighted by atomic mass is 16.6. The summed E-state index contributed by atoms with van der Waals surface area (Å²) in [6, 6.07) is 3.66. The number of fused-ring (bicyclic) bond motifs is 1. The fraction of sp³-hybridized carbons (Fsp3) is 0.538. The predicted octanol–water partition coefficient (Wildman–Crippen LogP) is 1.59. The number of ether oxygens (including phenoxy) is 4. The minimum Gasteiger partial charge on any atom is -0.486 e. The monoisotopic (exact) mass is 253 g/mol. The molecule has 0 saturated heterocycles. The van der Waals surface area contributed by atoms with Crippen molar-refractivity contribution >= 4 is 5.69 Å². The Labute approximate surface area is 107 Å². The first-order chi connectivity index (χ1) is 8.70. The molecule has 18 heavy (non-hydrogen) atoms. The second-order valence-corrected chi connectivity index (χ2v) is 4.27. The van der Waals surface area contributed by atoms with Gasteiger partial charge in [-0.05, 0) is 13.0 Å². The van der Waals surface area contributed by atoms with Crippen molar-refractivity contribution < 1.29 is 18.9 Å². The Balaban J connectivity index is 2.04. The predicted molar refractivity (Wildman–Crippen MR) is 68.0 cm³/mol. The fourth-order valence-electron chi connectivity index (χ4n) is 1.79. The van der Waals surface area contributed by atoms with Crippen LogP contribution in [-0.2, 0) is 16.1 Å². The molecule has 1 aromatic carbocycles. The van der Waals surface area contributed by atoms with Crippen molar-refractivity contribution in [1.29, 1.82) is 0 Å². The van der Waals surface area contributed by atoms with E-state index >= 15 is 0 Å². The molecule has 1 unspecified atom stereocenters. The van der Waals surface area contributed by atoms with Crippen LogP contribution in [0.15, 0.2) is 12.1 Å². The lowest BCUT2D eigenvalue weighted by Gasteiger charge is -2.20. The second-order valence-electron chi connectivity index (χ2n) is 4.27. The number of nitrogens with two attached hydrogens (primary N) is 1. The van der Waals surface area contributed by atoms with E-state index in [1.54, 1.807) is 13.2 Å². The van der Waals surface area contributed by atoms with Crippen LogP contribution in [0.1, 0.15) is 12.5 Å². The minimum atomic E-state index is 0.0302. The summed E-state index contributed by atoms with van der Waals surface area (Å²) in [7, 11) is 1.65. The van der Waals surface area contributed by atoms with E-state index in [-0.39, 0.29) is 6.10 Å². The van der Waals surface area contributed by atoms with Crippen molar-refractivity contribution in [2.45, 2.75) is 19.6 Å². The molecular formula is C13H19NO4. The number of hydrogen-bond donors (Lipinski definition) is 1. The lowest BCUT2D eigenvalue weighted by molar-refractivity contribution is -0.0000296. The Morgan fingerprint density at radius 3 is 2.61 bits per heavy atom. The molecule has 2 N–H and O–H groups in total. The summed E-state index contributed by atoms with van der Waals surface area (Å²) in [5, 5.41) is 0. The highest BCUT2D eigenvalue weighted by Crippen LogP contribution is 2.34. The van der Waals surface area contributed by atoms with E-state index in [0.29, 0.717) is 37.9 Å². The Morgan fingerprint density at radius 2 is 1.94 bits per heavy atom. The summed E-state index contributed by atoms with van der Waals surface area (Å²) in [6.07, 6.45) is 0.0302. The molecule has 0 radical (unpaired) electrons. The van der Waals surface area contributed by atoms with Gasteiger partial charge in [0.05, 0.1) is 19.3 Å². The Hall–Kier alpha value is -1.46. The van der Waals surface area contributed by atoms with E-state index in [2.05, 4.69) is 0 Å². The van der Waals surface area contributed by atoms with Gasteiger partial charge < -0.3 is 24.7 Å². The summed E-state index contributed by atoms with van der Waals surface area (Å²) in [6.45, 7) is 4.08. The molecule has 1 aliphatic rings. The van der Waals surface area contributed by atoms with E-state index in [4.69, 9.17) is 24.7 Å². The second kappa shape index (κ2) is 5.93. The van der Waals surface area contributed by atoms with Crippen molar-refractivity contribution in [1.82, 2.24) is 0 Å². The van der Waals surface area contributed by atoms with Gasteiger partial charge in [-0.2, -0.15) is 0 Å². The normalized spacial score (nSPS) is 15.4. The quantitative estimate of drug-likeness (QED) is 0.807. The van der Waals surface area contributed by atoms with Gasteiger partial charge in [0.15, 0.2) is 11.5 Å². The number of hydrogen-bond acceptors (Lipinski definition) is 5. The third-order valence-electron chi connectivity index (χ3n) is 2.73. The highest BCUT2D eigenvalue weighted by molar-refractivity contribution is 5.58. The molecule has 2 rings (SSSR count). The molecule has 0 aromatic heterocycles. The molecule has 0 saturated carbocycles. The van der Waals surface area contributed by atoms with Crippen molar-refractivity contribution in [2.75, 3.05) is 32.7 Å². The maximum Gasteiger partial charge on any atom is 0.163 e. The van der Waals surface area contributed by atoms with Gasteiger partial charge in [-0.15, -0.1) is 0 Å². The van der Waals surface area contributed by atoms with Gasteiger partial charge >= 0.3 is 0 Å². The maximum atomic E-state index is 5.96. The van der Waals surface area contributed by atoms with Crippen LogP contribution in [0.25, 0.3) is 0 Å². The van der Waals surface area contributed by atoms with Crippen molar-refractivity contribution in [3.05, 3.63) is 17.7 Å². The molecule has 5 heteroatoms. The van der Waals surface area contributed by atoms with Gasteiger partial charge in [-0.1, -0.05) is 0 Å². The van der Waals surface area contributed by atoms with Crippen LogP contribution in [0.5, 0.6) is 11.5 Å². The van der Waals surface area contributed by atoms with Crippen LogP contribution in [-0.4, -0.2) is 33.0 Å². The summed E-state index contributed by atoms with van der Waals surface area (Å²) in [5.41, 5.74) is 7.52. The van der Waals surface area contributed by atoms with Crippen LogP contribution in [0.2, 0.25) is 0 Å². The lowest BCUT2D eigenvalue weighted by atomic mass is 10.1. The first kappa shape index (κ1) is 13.0. The molecule has 0 bridgehead atoms. The summed E-state index contributed by atoms with van der Waals surface area (Å²) in [5.74, 6) is 1.43. The third kappa shape index (κ3) is 3.05. The summed E-state index contributed by atoms with van der Waals surface area (Å²) >= 11 is 0. The molecule has 0 fully saturated rings. The van der Waals surface area contributed by atoms with Crippen molar-refractivity contribution in [3.8, 4) is 11.5 Å². The number of anilines is 1. The standard InChI is InChI=1S/C13H19NO4/c1-9(7-15-2)18-8-10-5-12-13(6-11(10)14)17-4-3-16-12/h5-6,9H,3-4,7-8,14H2,1-2H3. The number of benzene rings is 1. The van der Waals surface area contributed by atoms with Crippen LogP contribution >= 0.6 is 0 Å². The van der Waals surface area contributed by atoms with Crippen molar-refractivity contribution in [3.63, 3.8) is 0 Å². The van der Waals surface area contributed by atoms with Crippen molar-refractivity contribution in [2.24, 2.45) is 0 Å². The first-order valence-corrected chi connectivity index (χ1v) is 5.99. The van der Waals surface area contributed by atoms with E-state index < -0.39 is 0 Å². The Morgan fingerprint density at radius 1 is 1.28 bits per heavy atom. The lowest BCUT2D eigenvalue weighted by Crippen LogP contribution is -2.17. The average molecular weight is 253 g/mol. The van der Waals surface area contributed by atoms with Gasteiger partial charge in [0.1, 0.15) is 13.2 Å². The number of nitrogen functional groups attached to an aromatic ring is 1. The summed E-state index contributed by atoms with van der Waals surface area (Å²) in [4.78, 5) is 0. The Kier molecular flexibility index (Phi) is 4.28. The summed E-state index contributed by atoms with van der Waals surface area (Å²) < 4.78 is 21.6. The molecule has 0 aliphatic carbocycles. The fourth-order valence-corrected chi connectivity index (χ4v) is 1.79. The largest absolute Gasteiger partial charge is 0.486 e. The highest BCUT2D eigenvalue weighted by Gasteiger charge is 2.15. The van der Waals surface area contributed by atoms with E-state index in [9.17, 15) is 0 Å². The molecule has 0 amide bonds. The molecule has 100 valence electrons. The average Bonchev–Trinajstić information content (AvgIpc) is 2.36. The van der Waals surface area contributed by atoms with Gasteiger partial charge in [0.2, 0.25) is 0 Å². The molecule has 0 spiro atoms. The number of rotatable bonds is 5. The van der Waals surface area contributed by atoms with Gasteiger partial charge in [0.25, 0.3) is 0 Å². The maximum absolute atomic E-state index is 5.96. The molecule has 1 aliphatic heterocycles. The van der Waals surface area contributed by atoms with Crippen LogP contribution in [0, 0.1) is 0 Å². The van der Waals surface area contributed by atoms with Crippen LogP contribution in [0.3, 0.4) is 0 Å². The topological polar surface area (TPSA) is 62.9 Å². The van der Waals surface area contributed by atoms with Crippen LogP contribution < -0.4 is 15.2 Å². The Bertz CT molecular complexity index is 408. The molecule has 5 nitrogen and oxygen atoms in total. The molecule has 1 heterocycles. The smallest absolute Gasteiger partial charge is 0.163 e. The zero-order valence-electron chi connectivity index (χ0n) is 10.8. The first-order valence-electron chi connectivity index (χ1n) is 5.99. The molecule has 1 aromatic rings. The minimum absolute atomic E-state index is 0.0302. The zero-order chi connectivity index (χ0) is 13.0. The van der Waals surface area contributed by atoms with E-state index in [0.717, 1.165) is 11.3 Å². The van der Waals surface area contributed by atoms with Gasteiger partial charge in [0, 0.05) is 24.4 Å². The molecule has 1 atom stereocenters. The van der Waals surface area contributed by atoms with E-state index in [1.165, 1.54) is 0 Å². The van der Waals surface area contributed by atoms with E-state index in [1.807, 2.05) is 13.0 Å². The van der Waals surface area contributed by atoms with Gasteiger partial charge in [-0.3, -0.25) is 0 Å². The van der Waals surface area contributed by atoms with Crippen LogP contribution in [0.4, 0.5) is 5.69 Å². The number of methoxy groups -OCH3 is 1. The van der Waals surface area contributed by atoms with Gasteiger partial charge in [-0.25, -0.2) is 0 Å². The molecular weight excluding hydrogens is 234 g/mol. The third-order valence-corrected chi connectivity index (χ3v) is 2.73. The zero-order valence-corrected chi connectivity index (χ0v) is 10.8.